The molecule has 0 radical (unpaired) electrons. The summed E-state index contributed by atoms with van der Waals surface area (Å²) in [7, 11) is 0. The van der Waals surface area contributed by atoms with Crippen molar-refractivity contribution in [1.82, 2.24) is 15.3 Å². The monoisotopic (exact) mass is 327 g/mol. The van der Waals surface area contributed by atoms with Gasteiger partial charge in [-0.3, -0.25) is 4.79 Å². The molecule has 0 bridgehead atoms. The van der Waals surface area contributed by atoms with E-state index >= 15 is 0 Å². The largest absolute Gasteiger partial charge is 0.370 e. The molecule has 0 aliphatic carbocycles. The zero-order valence-electron chi connectivity index (χ0n) is 14.7. The summed E-state index contributed by atoms with van der Waals surface area (Å²) in [4.78, 5) is 20.8. The molecule has 24 heavy (non-hydrogen) atoms. The summed E-state index contributed by atoms with van der Waals surface area (Å²) < 4.78 is 0. The van der Waals surface area contributed by atoms with Gasteiger partial charge in [0.2, 0.25) is 0 Å². The Bertz CT molecular complexity index is 715. The van der Waals surface area contributed by atoms with Crippen LogP contribution < -0.4 is 16.0 Å². The number of carbonyl (C=O) groups excluding carboxylic acids is 1. The zero-order chi connectivity index (χ0) is 17.5. The number of benzene rings is 1. The van der Waals surface area contributed by atoms with Gasteiger partial charge in [-0.1, -0.05) is 6.07 Å². The molecule has 0 saturated heterocycles. The first kappa shape index (κ1) is 17.7. The third-order valence-corrected chi connectivity index (χ3v) is 3.68. The SMILES string of the molecule is CCNc1cc(NCCNC(=O)c2ccc(C)c(C)c2)nc(C)n1. The molecule has 0 fully saturated rings. The lowest BCUT2D eigenvalue weighted by atomic mass is 10.1. The van der Waals surface area contributed by atoms with Gasteiger partial charge in [-0.15, -0.1) is 0 Å². The van der Waals surface area contributed by atoms with Crippen LogP contribution in [-0.4, -0.2) is 35.5 Å². The van der Waals surface area contributed by atoms with Crippen LogP contribution in [0.1, 0.15) is 34.2 Å². The van der Waals surface area contributed by atoms with Gasteiger partial charge in [-0.05, 0) is 51.0 Å². The molecule has 1 amide bonds. The Morgan fingerprint density at radius 1 is 0.958 bits per heavy atom. The molecule has 0 unspecified atom stereocenters. The Balaban J connectivity index is 1.84. The van der Waals surface area contributed by atoms with Crippen LogP contribution in [0.4, 0.5) is 11.6 Å². The molecule has 6 heteroatoms. The molecular formula is C18H25N5O. The predicted octanol–water partition coefficient (Wildman–Crippen LogP) is 2.68. The molecule has 1 aromatic heterocycles. The minimum Gasteiger partial charge on any atom is -0.370 e. The van der Waals surface area contributed by atoms with Gasteiger partial charge in [0, 0.05) is 31.3 Å². The van der Waals surface area contributed by atoms with Gasteiger partial charge < -0.3 is 16.0 Å². The molecule has 0 aliphatic rings. The van der Waals surface area contributed by atoms with E-state index in [0.29, 0.717) is 24.5 Å². The zero-order valence-corrected chi connectivity index (χ0v) is 14.7. The quantitative estimate of drug-likeness (QED) is 0.681. The highest BCUT2D eigenvalue weighted by Gasteiger charge is 2.06. The first-order valence-electron chi connectivity index (χ1n) is 8.18. The molecule has 0 atom stereocenters. The van der Waals surface area contributed by atoms with Crippen molar-refractivity contribution >= 4 is 17.5 Å². The maximum atomic E-state index is 12.1. The maximum Gasteiger partial charge on any atom is 0.251 e. The molecule has 2 aromatic rings. The smallest absolute Gasteiger partial charge is 0.251 e. The Kier molecular flexibility index (Phi) is 6.12. The van der Waals surface area contributed by atoms with Crippen molar-refractivity contribution in [1.29, 1.82) is 0 Å². The lowest BCUT2D eigenvalue weighted by Crippen LogP contribution is -2.29. The topological polar surface area (TPSA) is 78.9 Å². The first-order chi connectivity index (χ1) is 11.5. The maximum absolute atomic E-state index is 12.1. The van der Waals surface area contributed by atoms with Crippen LogP contribution in [0.5, 0.6) is 0 Å². The number of amides is 1. The van der Waals surface area contributed by atoms with E-state index < -0.39 is 0 Å². The Morgan fingerprint density at radius 2 is 1.67 bits per heavy atom. The van der Waals surface area contributed by atoms with Gasteiger partial charge in [-0.2, -0.15) is 0 Å². The number of carbonyl (C=O) groups is 1. The standard InChI is InChI=1S/C18H25N5O/c1-5-19-16-11-17(23-14(4)22-16)20-8-9-21-18(24)15-7-6-12(2)13(3)10-15/h6-7,10-11H,5,8-9H2,1-4H3,(H,21,24)(H2,19,20,22,23). The summed E-state index contributed by atoms with van der Waals surface area (Å²) >= 11 is 0. The van der Waals surface area contributed by atoms with Crippen LogP contribution in [0.2, 0.25) is 0 Å². The van der Waals surface area contributed by atoms with E-state index in [2.05, 4.69) is 25.9 Å². The fourth-order valence-electron chi connectivity index (χ4n) is 2.28. The molecule has 3 N–H and O–H groups in total. The number of nitrogens with one attached hydrogen (secondary N) is 3. The van der Waals surface area contributed by atoms with E-state index in [1.165, 1.54) is 5.56 Å². The molecule has 2 rings (SSSR count). The van der Waals surface area contributed by atoms with Gasteiger partial charge in [0.05, 0.1) is 0 Å². The van der Waals surface area contributed by atoms with E-state index in [4.69, 9.17) is 0 Å². The van der Waals surface area contributed by atoms with Crippen molar-refractivity contribution in [3.8, 4) is 0 Å². The molecular weight excluding hydrogens is 302 g/mol. The number of rotatable bonds is 7. The third-order valence-electron chi connectivity index (χ3n) is 3.68. The first-order valence-corrected chi connectivity index (χ1v) is 8.18. The summed E-state index contributed by atoms with van der Waals surface area (Å²) in [6, 6.07) is 7.59. The van der Waals surface area contributed by atoms with Crippen molar-refractivity contribution < 1.29 is 4.79 Å². The van der Waals surface area contributed by atoms with Crippen molar-refractivity contribution in [2.45, 2.75) is 27.7 Å². The molecule has 6 nitrogen and oxygen atoms in total. The summed E-state index contributed by atoms with van der Waals surface area (Å²) in [6.45, 7) is 9.84. The molecule has 1 aromatic carbocycles. The van der Waals surface area contributed by atoms with E-state index in [9.17, 15) is 4.79 Å². The predicted molar refractivity (Wildman–Crippen MR) is 97.7 cm³/mol. The van der Waals surface area contributed by atoms with Crippen molar-refractivity contribution in [2.75, 3.05) is 30.3 Å². The van der Waals surface area contributed by atoms with Gasteiger partial charge >= 0.3 is 0 Å². The second-order valence-corrected chi connectivity index (χ2v) is 5.70. The van der Waals surface area contributed by atoms with Crippen LogP contribution in [0.15, 0.2) is 24.3 Å². The number of aryl methyl sites for hydroxylation is 3. The molecule has 0 aliphatic heterocycles. The average Bonchev–Trinajstić information content (AvgIpc) is 2.54. The third kappa shape index (κ3) is 4.94. The summed E-state index contributed by atoms with van der Waals surface area (Å²) in [5.41, 5.74) is 2.99. The number of aromatic nitrogens is 2. The summed E-state index contributed by atoms with van der Waals surface area (Å²) in [6.07, 6.45) is 0. The number of anilines is 2. The lowest BCUT2D eigenvalue weighted by molar-refractivity contribution is 0.0955. The van der Waals surface area contributed by atoms with Crippen LogP contribution in [0.3, 0.4) is 0 Å². The van der Waals surface area contributed by atoms with Crippen LogP contribution >= 0.6 is 0 Å². The van der Waals surface area contributed by atoms with Crippen LogP contribution in [0.25, 0.3) is 0 Å². The van der Waals surface area contributed by atoms with E-state index in [1.807, 2.05) is 52.0 Å². The summed E-state index contributed by atoms with van der Waals surface area (Å²) in [5, 5.41) is 9.28. The molecule has 0 saturated carbocycles. The van der Waals surface area contributed by atoms with Gasteiger partial charge in [0.25, 0.3) is 5.91 Å². The fourth-order valence-corrected chi connectivity index (χ4v) is 2.28. The second kappa shape index (κ2) is 8.29. The number of hydrogen-bond donors (Lipinski definition) is 3. The van der Waals surface area contributed by atoms with Crippen molar-refractivity contribution in [3.63, 3.8) is 0 Å². The van der Waals surface area contributed by atoms with E-state index in [0.717, 1.165) is 23.7 Å². The number of hydrogen-bond acceptors (Lipinski definition) is 5. The fraction of sp³-hybridized carbons (Fsp3) is 0.389. The highest BCUT2D eigenvalue weighted by atomic mass is 16.1. The minimum atomic E-state index is -0.0629. The van der Waals surface area contributed by atoms with E-state index in [-0.39, 0.29) is 5.91 Å². The Hall–Kier alpha value is -2.63. The van der Waals surface area contributed by atoms with Crippen molar-refractivity contribution in [3.05, 3.63) is 46.8 Å². The molecule has 0 spiro atoms. The Morgan fingerprint density at radius 3 is 2.33 bits per heavy atom. The Labute approximate surface area is 143 Å². The van der Waals surface area contributed by atoms with Gasteiger partial charge in [-0.25, -0.2) is 9.97 Å². The highest BCUT2D eigenvalue weighted by molar-refractivity contribution is 5.94. The average molecular weight is 327 g/mol. The van der Waals surface area contributed by atoms with Gasteiger partial charge in [0.15, 0.2) is 0 Å². The van der Waals surface area contributed by atoms with Gasteiger partial charge in [0.1, 0.15) is 17.5 Å². The second-order valence-electron chi connectivity index (χ2n) is 5.70. The number of nitrogens with zero attached hydrogens (tertiary/aromatic N) is 2. The van der Waals surface area contributed by atoms with Crippen LogP contribution in [-0.2, 0) is 0 Å². The minimum absolute atomic E-state index is 0.0629. The van der Waals surface area contributed by atoms with Crippen LogP contribution in [0, 0.1) is 20.8 Å². The van der Waals surface area contributed by atoms with E-state index in [1.54, 1.807) is 0 Å². The van der Waals surface area contributed by atoms with Crippen molar-refractivity contribution in [2.24, 2.45) is 0 Å². The highest BCUT2D eigenvalue weighted by Crippen LogP contribution is 2.11. The normalized spacial score (nSPS) is 10.3. The summed E-state index contributed by atoms with van der Waals surface area (Å²) in [5.74, 6) is 2.19. The molecule has 128 valence electrons. The molecule has 1 heterocycles. The lowest BCUT2D eigenvalue weighted by Gasteiger charge is -2.10.